The second kappa shape index (κ2) is 4.75. The first-order chi connectivity index (χ1) is 3.00. The maximum atomic E-state index is 2.00. The van der Waals surface area contributed by atoms with Gasteiger partial charge in [-0.2, -0.15) is 0 Å². The van der Waals surface area contributed by atoms with E-state index in [1.165, 1.54) is 0 Å². The van der Waals surface area contributed by atoms with Gasteiger partial charge < -0.3 is 0 Å². The molecule has 1 heteroatoms. The van der Waals surface area contributed by atoms with E-state index in [4.69, 9.17) is 0 Å². The van der Waals surface area contributed by atoms with E-state index in [9.17, 15) is 0 Å². The molecule has 1 aromatic carbocycles. The molecule has 0 heterocycles. The fourth-order valence-electron chi connectivity index (χ4n) is 0.385. The molecule has 0 nitrogen and oxygen atoms in total. The van der Waals surface area contributed by atoms with Crippen LogP contribution in [0.5, 0.6) is 0 Å². The van der Waals surface area contributed by atoms with Gasteiger partial charge in [0.1, 0.15) is 0 Å². The van der Waals surface area contributed by atoms with Crippen molar-refractivity contribution in [2.45, 2.75) is 0 Å². The van der Waals surface area contributed by atoms with E-state index in [1.807, 2.05) is 36.4 Å². The molecule has 0 saturated heterocycles. The van der Waals surface area contributed by atoms with Crippen molar-refractivity contribution in [1.82, 2.24) is 0 Å². The zero-order valence-electron chi connectivity index (χ0n) is 3.96. The average Bonchev–Trinajstić information content (AvgIpc) is 1.72. The van der Waals surface area contributed by atoms with Crippen LogP contribution in [0.25, 0.3) is 0 Å². The standard InChI is InChI=1S/C6H6.Ce/c1-2-4-6-5-3-1;/h1-6H;. The minimum atomic E-state index is 0. The van der Waals surface area contributed by atoms with Gasteiger partial charge in [-0.25, -0.2) is 0 Å². The fraction of sp³-hybridized carbons (Fsp3) is 0. The molecule has 0 fully saturated rings. The van der Waals surface area contributed by atoms with Crippen LogP contribution in [0.15, 0.2) is 36.4 Å². The van der Waals surface area contributed by atoms with Crippen LogP contribution in [0.3, 0.4) is 0 Å². The van der Waals surface area contributed by atoms with Gasteiger partial charge in [0.2, 0.25) is 0 Å². The molecule has 0 spiro atoms. The monoisotopic (exact) mass is 218 g/mol. The second-order valence-corrected chi connectivity index (χ2v) is 1.15. The largest absolute Gasteiger partial charge is 0.0623 e. The summed E-state index contributed by atoms with van der Waals surface area (Å²) in [6, 6.07) is 12.0. The Morgan fingerprint density at radius 1 is 0.429 bits per heavy atom. The number of rotatable bonds is 0. The van der Waals surface area contributed by atoms with E-state index >= 15 is 0 Å². The van der Waals surface area contributed by atoms with Crippen LogP contribution in [0.4, 0.5) is 0 Å². The van der Waals surface area contributed by atoms with Gasteiger partial charge in [0.15, 0.2) is 0 Å². The molecule has 0 unspecified atom stereocenters. The fourth-order valence-corrected chi connectivity index (χ4v) is 0.385. The predicted octanol–water partition coefficient (Wildman–Crippen LogP) is 1.69. The number of benzene rings is 1. The van der Waals surface area contributed by atoms with Gasteiger partial charge in [-0.3, -0.25) is 0 Å². The maximum Gasteiger partial charge on any atom is 0 e. The maximum absolute atomic E-state index is 2.00. The molecule has 0 amide bonds. The smallest absolute Gasteiger partial charge is 0 e. The first kappa shape index (κ1) is 7.60. The second-order valence-electron chi connectivity index (χ2n) is 1.15. The van der Waals surface area contributed by atoms with Crippen molar-refractivity contribution in [2.24, 2.45) is 0 Å². The van der Waals surface area contributed by atoms with Gasteiger partial charge in [-0.1, -0.05) is 36.4 Å². The van der Waals surface area contributed by atoms with Gasteiger partial charge in [0, 0.05) is 41.7 Å². The minimum absolute atomic E-state index is 0. The molecule has 0 aliphatic rings. The van der Waals surface area contributed by atoms with E-state index in [0.29, 0.717) is 0 Å². The molecule has 1 aromatic rings. The normalized spacial score (nSPS) is 6.86. The third-order valence-electron chi connectivity index (χ3n) is 0.667. The van der Waals surface area contributed by atoms with E-state index in [0.717, 1.165) is 0 Å². The molecule has 1 rings (SSSR count). The molecule has 0 radical (unpaired) electrons. The summed E-state index contributed by atoms with van der Waals surface area (Å²) in [5, 5.41) is 0. The quantitative estimate of drug-likeness (QED) is 0.621. The Balaban J connectivity index is 0.000000360. The first-order valence-electron chi connectivity index (χ1n) is 2.00. The van der Waals surface area contributed by atoms with Crippen molar-refractivity contribution in [2.75, 3.05) is 0 Å². The average molecular weight is 218 g/mol. The van der Waals surface area contributed by atoms with Crippen LogP contribution in [0, 0.1) is 41.7 Å². The topological polar surface area (TPSA) is 0 Å². The summed E-state index contributed by atoms with van der Waals surface area (Å²) in [5.41, 5.74) is 0. The summed E-state index contributed by atoms with van der Waals surface area (Å²) in [6.07, 6.45) is 0. The third kappa shape index (κ3) is 3.20. The van der Waals surface area contributed by atoms with Crippen molar-refractivity contribution in [3.63, 3.8) is 0 Å². The van der Waals surface area contributed by atoms with Crippen molar-refractivity contribution in [3.8, 4) is 0 Å². The van der Waals surface area contributed by atoms with Gasteiger partial charge in [0.25, 0.3) is 0 Å². The predicted molar refractivity (Wildman–Crippen MR) is 26.4 cm³/mol. The Bertz CT molecular complexity index is 76.1. The molecule has 0 aliphatic carbocycles. The van der Waals surface area contributed by atoms with Crippen LogP contribution in [-0.4, -0.2) is 0 Å². The Hall–Kier alpha value is 0.597. The molecule has 7 heavy (non-hydrogen) atoms. The van der Waals surface area contributed by atoms with E-state index < -0.39 is 0 Å². The van der Waals surface area contributed by atoms with Gasteiger partial charge in [-0.15, -0.1) is 0 Å². The van der Waals surface area contributed by atoms with Crippen molar-refractivity contribution in [1.29, 1.82) is 0 Å². The van der Waals surface area contributed by atoms with E-state index in [2.05, 4.69) is 0 Å². The summed E-state index contributed by atoms with van der Waals surface area (Å²) in [7, 11) is 0. The number of hydrogen-bond donors (Lipinski definition) is 0. The zero-order chi connectivity index (χ0) is 4.24. The number of hydrogen-bond acceptors (Lipinski definition) is 0. The molecule has 0 aromatic heterocycles. The summed E-state index contributed by atoms with van der Waals surface area (Å²) in [6.45, 7) is 0. The van der Waals surface area contributed by atoms with E-state index in [-0.39, 0.29) is 41.7 Å². The Kier molecular flexibility index (Phi) is 5.15. The molecule has 0 N–H and O–H groups in total. The van der Waals surface area contributed by atoms with Crippen LogP contribution in [0.2, 0.25) is 0 Å². The molecular formula is C6H6Ce. The van der Waals surface area contributed by atoms with Crippen LogP contribution in [0.1, 0.15) is 0 Å². The zero-order valence-corrected chi connectivity index (χ0v) is 7.10. The molecule has 0 bridgehead atoms. The summed E-state index contributed by atoms with van der Waals surface area (Å²) in [5.74, 6) is 0. The van der Waals surface area contributed by atoms with Gasteiger partial charge >= 0.3 is 0 Å². The van der Waals surface area contributed by atoms with E-state index in [1.54, 1.807) is 0 Å². The van der Waals surface area contributed by atoms with Gasteiger partial charge in [-0.05, 0) is 0 Å². The van der Waals surface area contributed by atoms with Crippen molar-refractivity contribution in [3.05, 3.63) is 36.4 Å². The molecule has 0 aliphatic heterocycles. The Labute approximate surface area is 77.3 Å². The summed E-state index contributed by atoms with van der Waals surface area (Å²) < 4.78 is 0. The molecule has 0 saturated carbocycles. The SMILES string of the molecule is [Ce].c1ccccc1. The van der Waals surface area contributed by atoms with Crippen molar-refractivity contribution >= 4 is 0 Å². The van der Waals surface area contributed by atoms with Crippen LogP contribution < -0.4 is 0 Å². The van der Waals surface area contributed by atoms with Crippen molar-refractivity contribution < 1.29 is 41.7 Å². The molecule has 34 valence electrons. The summed E-state index contributed by atoms with van der Waals surface area (Å²) >= 11 is 0. The first-order valence-corrected chi connectivity index (χ1v) is 2.00. The molecule has 0 atom stereocenters. The third-order valence-corrected chi connectivity index (χ3v) is 0.667. The van der Waals surface area contributed by atoms with Crippen LogP contribution >= 0.6 is 0 Å². The van der Waals surface area contributed by atoms with Gasteiger partial charge in [0.05, 0.1) is 0 Å². The van der Waals surface area contributed by atoms with Crippen LogP contribution in [-0.2, 0) is 0 Å². The Morgan fingerprint density at radius 2 is 0.571 bits per heavy atom. The minimum Gasteiger partial charge on any atom is -0.0623 e. The Morgan fingerprint density at radius 3 is 0.714 bits per heavy atom. The molecular weight excluding hydrogens is 212 g/mol. The summed E-state index contributed by atoms with van der Waals surface area (Å²) in [4.78, 5) is 0.